The Bertz CT molecular complexity index is 465. The Kier molecular flexibility index (Phi) is 4.18. The van der Waals surface area contributed by atoms with E-state index in [0.29, 0.717) is 5.69 Å². The smallest absolute Gasteiger partial charge is 0.321 e. The van der Waals surface area contributed by atoms with Crippen molar-refractivity contribution in [2.45, 2.75) is 24.8 Å². The largest absolute Gasteiger partial charge is 0.399 e. The highest BCUT2D eigenvalue weighted by Gasteiger charge is 2.40. The normalized spacial score (nSPS) is 16.6. The van der Waals surface area contributed by atoms with Gasteiger partial charge in [0, 0.05) is 30.5 Å². The van der Waals surface area contributed by atoms with Crippen LogP contribution in [0.4, 0.5) is 16.2 Å². The standard InChI is InChI=1S/C15H24N4O/c1-18(2)15(9-4-10-15)11-19(3)14(20)17-13-7-5-12(16)6-8-13/h5-8H,4,9-11,16H2,1-3H3,(H,17,20). The number of benzene rings is 1. The summed E-state index contributed by atoms with van der Waals surface area (Å²) in [5.74, 6) is 0. The molecule has 1 aromatic rings. The number of anilines is 2. The Balaban J connectivity index is 1.93. The lowest BCUT2D eigenvalue weighted by molar-refractivity contribution is 0.0379. The van der Waals surface area contributed by atoms with Gasteiger partial charge in [0.25, 0.3) is 0 Å². The van der Waals surface area contributed by atoms with E-state index in [4.69, 9.17) is 5.73 Å². The summed E-state index contributed by atoms with van der Waals surface area (Å²) >= 11 is 0. The topological polar surface area (TPSA) is 61.6 Å². The fraction of sp³-hybridized carbons (Fsp3) is 0.533. The minimum atomic E-state index is -0.0807. The van der Waals surface area contributed by atoms with Crippen molar-refractivity contribution < 1.29 is 4.79 Å². The molecule has 2 amide bonds. The van der Waals surface area contributed by atoms with Crippen LogP contribution in [0.1, 0.15) is 19.3 Å². The Labute approximate surface area is 120 Å². The third kappa shape index (κ3) is 3.04. The molecule has 0 saturated heterocycles. The van der Waals surface area contributed by atoms with Crippen molar-refractivity contribution in [3.05, 3.63) is 24.3 Å². The van der Waals surface area contributed by atoms with Gasteiger partial charge in [0.1, 0.15) is 0 Å². The van der Waals surface area contributed by atoms with Crippen LogP contribution < -0.4 is 11.1 Å². The van der Waals surface area contributed by atoms with Crippen LogP contribution in [-0.4, -0.2) is 49.1 Å². The Morgan fingerprint density at radius 2 is 1.85 bits per heavy atom. The van der Waals surface area contributed by atoms with Crippen molar-refractivity contribution in [2.24, 2.45) is 0 Å². The third-order valence-corrected chi connectivity index (χ3v) is 4.27. The van der Waals surface area contributed by atoms with Crippen LogP contribution >= 0.6 is 0 Å². The lowest BCUT2D eigenvalue weighted by atomic mass is 9.75. The fourth-order valence-corrected chi connectivity index (χ4v) is 2.63. The van der Waals surface area contributed by atoms with Crippen LogP contribution in [0.3, 0.4) is 0 Å². The van der Waals surface area contributed by atoms with Gasteiger partial charge in [0.2, 0.25) is 0 Å². The molecule has 1 saturated carbocycles. The first-order valence-electron chi connectivity index (χ1n) is 6.98. The molecule has 20 heavy (non-hydrogen) atoms. The summed E-state index contributed by atoms with van der Waals surface area (Å²) in [4.78, 5) is 16.2. The molecule has 1 aliphatic carbocycles. The maximum Gasteiger partial charge on any atom is 0.321 e. The number of urea groups is 1. The quantitative estimate of drug-likeness (QED) is 0.829. The lowest BCUT2D eigenvalue weighted by Gasteiger charge is -2.49. The van der Waals surface area contributed by atoms with E-state index in [9.17, 15) is 4.79 Å². The van der Waals surface area contributed by atoms with Crippen LogP contribution in [-0.2, 0) is 0 Å². The molecule has 0 spiro atoms. The van der Waals surface area contributed by atoms with Crippen LogP contribution in [0, 0.1) is 0 Å². The van der Waals surface area contributed by atoms with Gasteiger partial charge in [-0.05, 0) is 57.6 Å². The minimum Gasteiger partial charge on any atom is -0.399 e. The average molecular weight is 276 g/mol. The Morgan fingerprint density at radius 3 is 2.30 bits per heavy atom. The van der Waals surface area contributed by atoms with Gasteiger partial charge in [-0.3, -0.25) is 0 Å². The number of nitrogens with zero attached hydrogens (tertiary/aromatic N) is 2. The van der Waals surface area contributed by atoms with E-state index in [2.05, 4.69) is 24.3 Å². The van der Waals surface area contributed by atoms with Crippen molar-refractivity contribution in [2.75, 3.05) is 38.7 Å². The molecule has 1 fully saturated rings. The molecule has 0 atom stereocenters. The van der Waals surface area contributed by atoms with Gasteiger partial charge in [-0.15, -0.1) is 0 Å². The third-order valence-electron chi connectivity index (χ3n) is 4.27. The van der Waals surface area contributed by atoms with Gasteiger partial charge in [-0.2, -0.15) is 0 Å². The van der Waals surface area contributed by atoms with E-state index >= 15 is 0 Å². The zero-order chi connectivity index (χ0) is 14.8. The number of likely N-dealkylation sites (N-methyl/N-ethyl adjacent to an activating group) is 2. The number of hydrogen-bond acceptors (Lipinski definition) is 3. The Morgan fingerprint density at radius 1 is 1.25 bits per heavy atom. The molecule has 5 heteroatoms. The molecule has 0 radical (unpaired) electrons. The van der Waals surface area contributed by atoms with Gasteiger partial charge in [0.05, 0.1) is 0 Å². The zero-order valence-electron chi connectivity index (χ0n) is 12.5. The number of hydrogen-bond donors (Lipinski definition) is 2. The number of carbonyl (C=O) groups is 1. The summed E-state index contributed by atoms with van der Waals surface area (Å²) in [7, 11) is 6.02. The highest BCUT2D eigenvalue weighted by atomic mass is 16.2. The molecule has 1 aliphatic rings. The van der Waals surface area contributed by atoms with Crippen LogP contribution in [0.25, 0.3) is 0 Å². The number of nitrogen functional groups attached to an aromatic ring is 1. The summed E-state index contributed by atoms with van der Waals surface area (Å²) in [6.07, 6.45) is 3.55. The van der Waals surface area contributed by atoms with Crippen molar-refractivity contribution in [3.63, 3.8) is 0 Å². The van der Waals surface area contributed by atoms with Crippen molar-refractivity contribution in [1.29, 1.82) is 0 Å². The van der Waals surface area contributed by atoms with Gasteiger partial charge in [-0.1, -0.05) is 0 Å². The summed E-state index contributed by atoms with van der Waals surface area (Å²) < 4.78 is 0. The summed E-state index contributed by atoms with van der Waals surface area (Å²) in [6.45, 7) is 0.751. The molecular formula is C15H24N4O. The molecule has 3 N–H and O–H groups in total. The van der Waals surface area contributed by atoms with Crippen LogP contribution in [0.5, 0.6) is 0 Å². The Hall–Kier alpha value is -1.75. The van der Waals surface area contributed by atoms with Gasteiger partial charge < -0.3 is 20.9 Å². The zero-order valence-corrected chi connectivity index (χ0v) is 12.5. The number of amides is 2. The molecule has 1 aromatic carbocycles. The van der Waals surface area contributed by atoms with E-state index in [-0.39, 0.29) is 11.6 Å². The van der Waals surface area contributed by atoms with E-state index in [1.54, 1.807) is 17.0 Å². The summed E-state index contributed by atoms with van der Waals surface area (Å²) in [6, 6.07) is 7.10. The molecule has 0 heterocycles. The van der Waals surface area contributed by atoms with Gasteiger partial charge in [-0.25, -0.2) is 4.79 Å². The average Bonchev–Trinajstić information content (AvgIpc) is 2.35. The predicted octanol–water partition coefficient (Wildman–Crippen LogP) is 2.22. The molecule has 0 aliphatic heterocycles. The first kappa shape index (κ1) is 14.7. The number of nitrogens with one attached hydrogen (secondary N) is 1. The van der Waals surface area contributed by atoms with Gasteiger partial charge in [0.15, 0.2) is 0 Å². The molecule has 2 rings (SSSR count). The number of nitrogens with two attached hydrogens (primary N) is 1. The highest BCUT2D eigenvalue weighted by Crippen LogP contribution is 2.36. The van der Waals surface area contributed by atoms with Crippen molar-refractivity contribution >= 4 is 17.4 Å². The molecule has 5 nitrogen and oxygen atoms in total. The molecule has 0 unspecified atom stereocenters. The number of rotatable bonds is 4. The molecular weight excluding hydrogens is 252 g/mol. The van der Waals surface area contributed by atoms with Crippen molar-refractivity contribution in [3.8, 4) is 0 Å². The summed E-state index contributed by atoms with van der Waals surface area (Å²) in [5.41, 5.74) is 7.24. The van der Waals surface area contributed by atoms with Crippen LogP contribution in [0.2, 0.25) is 0 Å². The van der Waals surface area contributed by atoms with E-state index in [0.717, 1.165) is 25.1 Å². The SMILES string of the molecule is CN(CC1(N(C)C)CCC1)C(=O)Nc1ccc(N)cc1. The van der Waals surface area contributed by atoms with Gasteiger partial charge >= 0.3 is 6.03 Å². The lowest BCUT2D eigenvalue weighted by Crippen LogP contribution is -2.57. The first-order valence-corrected chi connectivity index (χ1v) is 6.98. The maximum atomic E-state index is 12.2. The molecule has 0 bridgehead atoms. The second-order valence-electron chi connectivity index (χ2n) is 5.88. The second kappa shape index (κ2) is 5.71. The van der Waals surface area contributed by atoms with E-state index < -0.39 is 0 Å². The summed E-state index contributed by atoms with van der Waals surface area (Å²) in [5, 5.41) is 2.89. The van der Waals surface area contributed by atoms with E-state index in [1.165, 1.54) is 6.42 Å². The minimum absolute atomic E-state index is 0.0807. The predicted molar refractivity (Wildman–Crippen MR) is 82.8 cm³/mol. The maximum absolute atomic E-state index is 12.2. The monoisotopic (exact) mass is 276 g/mol. The molecule has 0 aromatic heterocycles. The molecule has 110 valence electrons. The van der Waals surface area contributed by atoms with Crippen LogP contribution in [0.15, 0.2) is 24.3 Å². The van der Waals surface area contributed by atoms with Crippen molar-refractivity contribution in [1.82, 2.24) is 9.80 Å². The first-order chi connectivity index (χ1) is 9.43. The fourth-order valence-electron chi connectivity index (χ4n) is 2.63. The second-order valence-corrected chi connectivity index (χ2v) is 5.88. The number of carbonyl (C=O) groups excluding carboxylic acids is 1. The highest BCUT2D eigenvalue weighted by molar-refractivity contribution is 5.89. The van der Waals surface area contributed by atoms with E-state index in [1.807, 2.05) is 19.2 Å².